The molecule has 1 aromatic carbocycles. The third-order valence-corrected chi connectivity index (χ3v) is 3.12. The van der Waals surface area contributed by atoms with E-state index in [0.29, 0.717) is 0 Å². The SMILES string of the molecule is CCNC(c1ccc(C)cc1)c1ccc(Br)o1. The molecule has 0 saturated heterocycles. The first-order valence-corrected chi connectivity index (χ1v) is 6.55. The highest BCUT2D eigenvalue weighted by Gasteiger charge is 2.16. The van der Waals surface area contributed by atoms with Gasteiger partial charge in [-0.05, 0) is 47.1 Å². The molecule has 0 saturated carbocycles. The van der Waals surface area contributed by atoms with Crippen molar-refractivity contribution in [3.05, 3.63) is 58.0 Å². The van der Waals surface area contributed by atoms with Gasteiger partial charge in [0, 0.05) is 0 Å². The number of rotatable bonds is 4. The van der Waals surface area contributed by atoms with E-state index in [-0.39, 0.29) is 6.04 Å². The summed E-state index contributed by atoms with van der Waals surface area (Å²) in [6.45, 7) is 5.09. The maximum absolute atomic E-state index is 5.64. The molecule has 0 fully saturated rings. The Bertz CT molecular complexity index is 475. The lowest BCUT2D eigenvalue weighted by atomic mass is 10.0. The number of halogens is 1. The molecule has 0 aliphatic rings. The molecule has 1 atom stereocenters. The number of hydrogen-bond donors (Lipinski definition) is 1. The first-order chi connectivity index (χ1) is 8.20. The van der Waals surface area contributed by atoms with Crippen LogP contribution in [-0.2, 0) is 0 Å². The second kappa shape index (κ2) is 5.52. The summed E-state index contributed by atoms with van der Waals surface area (Å²) in [6.07, 6.45) is 0. The third-order valence-electron chi connectivity index (χ3n) is 2.70. The smallest absolute Gasteiger partial charge is 0.169 e. The van der Waals surface area contributed by atoms with Crippen LogP contribution in [0.1, 0.15) is 29.9 Å². The number of nitrogens with one attached hydrogen (secondary N) is 1. The summed E-state index contributed by atoms with van der Waals surface area (Å²) >= 11 is 3.34. The maximum Gasteiger partial charge on any atom is 0.169 e. The van der Waals surface area contributed by atoms with Crippen molar-refractivity contribution in [1.29, 1.82) is 0 Å². The second-order valence-electron chi connectivity index (χ2n) is 4.04. The number of hydrogen-bond acceptors (Lipinski definition) is 2. The van der Waals surface area contributed by atoms with Gasteiger partial charge < -0.3 is 9.73 Å². The summed E-state index contributed by atoms with van der Waals surface area (Å²) in [5.41, 5.74) is 2.49. The molecule has 2 rings (SSSR count). The summed E-state index contributed by atoms with van der Waals surface area (Å²) in [4.78, 5) is 0. The molecule has 17 heavy (non-hydrogen) atoms. The average Bonchev–Trinajstić information content (AvgIpc) is 2.74. The van der Waals surface area contributed by atoms with Crippen LogP contribution in [-0.4, -0.2) is 6.54 Å². The molecular weight excluding hydrogens is 278 g/mol. The Balaban J connectivity index is 2.31. The topological polar surface area (TPSA) is 25.2 Å². The van der Waals surface area contributed by atoms with E-state index in [1.807, 2.05) is 12.1 Å². The molecule has 0 aliphatic heterocycles. The van der Waals surface area contributed by atoms with Crippen molar-refractivity contribution in [3.63, 3.8) is 0 Å². The molecule has 1 heterocycles. The van der Waals surface area contributed by atoms with Crippen LogP contribution in [0.2, 0.25) is 0 Å². The first-order valence-electron chi connectivity index (χ1n) is 5.76. The molecule has 2 aromatic rings. The molecule has 1 unspecified atom stereocenters. The van der Waals surface area contributed by atoms with Gasteiger partial charge in [-0.15, -0.1) is 0 Å². The van der Waals surface area contributed by atoms with Gasteiger partial charge in [-0.25, -0.2) is 0 Å². The van der Waals surface area contributed by atoms with E-state index >= 15 is 0 Å². The van der Waals surface area contributed by atoms with Crippen LogP contribution < -0.4 is 5.32 Å². The minimum absolute atomic E-state index is 0.117. The van der Waals surface area contributed by atoms with Crippen molar-refractivity contribution < 1.29 is 4.42 Å². The van der Waals surface area contributed by atoms with E-state index in [1.165, 1.54) is 11.1 Å². The molecule has 3 heteroatoms. The quantitative estimate of drug-likeness (QED) is 0.920. The average molecular weight is 294 g/mol. The fourth-order valence-electron chi connectivity index (χ4n) is 1.83. The Morgan fingerprint density at radius 3 is 2.41 bits per heavy atom. The molecule has 0 aliphatic carbocycles. The number of furan rings is 1. The highest BCUT2D eigenvalue weighted by Crippen LogP contribution is 2.26. The molecule has 2 nitrogen and oxygen atoms in total. The summed E-state index contributed by atoms with van der Waals surface area (Å²) in [5, 5.41) is 3.43. The fraction of sp³-hybridized carbons (Fsp3) is 0.286. The Morgan fingerprint density at radius 1 is 1.18 bits per heavy atom. The summed E-state index contributed by atoms with van der Waals surface area (Å²) in [7, 11) is 0. The lowest BCUT2D eigenvalue weighted by Gasteiger charge is -2.16. The molecule has 1 N–H and O–H groups in total. The summed E-state index contributed by atoms with van der Waals surface area (Å²) in [5.74, 6) is 0.933. The van der Waals surface area contributed by atoms with Crippen LogP contribution in [0.4, 0.5) is 0 Å². The molecular formula is C14H16BrNO. The van der Waals surface area contributed by atoms with Gasteiger partial charge in [-0.3, -0.25) is 0 Å². The van der Waals surface area contributed by atoms with Crippen LogP contribution in [0.5, 0.6) is 0 Å². The van der Waals surface area contributed by atoms with Crippen molar-refractivity contribution in [2.45, 2.75) is 19.9 Å². The maximum atomic E-state index is 5.64. The fourth-order valence-corrected chi connectivity index (χ4v) is 2.15. The second-order valence-corrected chi connectivity index (χ2v) is 4.82. The van der Waals surface area contributed by atoms with E-state index in [2.05, 4.69) is 59.4 Å². The predicted molar refractivity (Wildman–Crippen MR) is 73.1 cm³/mol. The number of aryl methyl sites for hydroxylation is 1. The Labute approximate surface area is 110 Å². The molecule has 0 spiro atoms. The van der Waals surface area contributed by atoms with E-state index in [1.54, 1.807) is 0 Å². The summed E-state index contributed by atoms with van der Waals surface area (Å²) < 4.78 is 6.40. The van der Waals surface area contributed by atoms with Gasteiger partial charge in [0.15, 0.2) is 4.67 Å². The predicted octanol–water partition coefficient (Wildman–Crippen LogP) is 4.05. The van der Waals surface area contributed by atoms with Gasteiger partial charge in [0.05, 0.1) is 6.04 Å². The molecule has 0 amide bonds. The summed E-state index contributed by atoms with van der Waals surface area (Å²) in [6, 6.07) is 12.6. The first kappa shape index (κ1) is 12.4. The molecule has 90 valence electrons. The van der Waals surface area contributed by atoms with Crippen LogP contribution >= 0.6 is 15.9 Å². The van der Waals surface area contributed by atoms with Gasteiger partial charge in [-0.1, -0.05) is 36.8 Å². The zero-order valence-corrected chi connectivity index (χ0v) is 11.6. The van der Waals surface area contributed by atoms with Crippen LogP contribution in [0.3, 0.4) is 0 Å². The Morgan fingerprint density at radius 2 is 1.88 bits per heavy atom. The lowest BCUT2D eigenvalue weighted by Crippen LogP contribution is -2.21. The van der Waals surface area contributed by atoms with Gasteiger partial charge in [0.2, 0.25) is 0 Å². The molecule has 1 aromatic heterocycles. The largest absolute Gasteiger partial charge is 0.452 e. The van der Waals surface area contributed by atoms with Crippen LogP contribution in [0.25, 0.3) is 0 Å². The van der Waals surface area contributed by atoms with Crippen molar-refractivity contribution in [3.8, 4) is 0 Å². The highest BCUT2D eigenvalue weighted by molar-refractivity contribution is 9.10. The van der Waals surface area contributed by atoms with Crippen LogP contribution in [0, 0.1) is 6.92 Å². The van der Waals surface area contributed by atoms with Crippen molar-refractivity contribution >= 4 is 15.9 Å². The monoisotopic (exact) mass is 293 g/mol. The minimum Gasteiger partial charge on any atom is -0.452 e. The number of benzene rings is 1. The van der Waals surface area contributed by atoms with Crippen LogP contribution in [0.15, 0.2) is 45.5 Å². The zero-order chi connectivity index (χ0) is 12.3. The van der Waals surface area contributed by atoms with E-state index in [9.17, 15) is 0 Å². The molecule has 0 bridgehead atoms. The third kappa shape index (κ3) is 2.99. The molecule has 0 radical (unpaired) electrons. The van der Waals surface area contributed by atoms with E-state index < -0.39 is 0 Å². The van der Waals surface area contributed by atoms with Gasteiger partial charge in [-0.2, -0.15) is 0 Å². The van der Waals surface area contributed by atoms with E-state index in [4.69, 9.17) is 4.42 Å². The zero-order valence-electron chi connectivity index (χ0n) is 10.0. The standard InChI is InChI=1S/C14H16BrNO/c1-3-16-14(12-8-9-13(15)17-12)11-6-4-10(2)5-7-11/h4-9,14,16H,3H2,1-2H3. The van der Waals surface area contributed by atoms with Crippen molar-refractivity contribution in [2.75, 3.05) is 6.54 Å². The highest BCUT2D eigenvalue weighted by atomic mass is 79.9. The Kier molecular flexibility index (Phi) is 4.02. The van der Waals surface area contributed by atoms with Crippen molar-refractivity contribution in [1.82, 2.24) is 5.32 Å². The van der Waals surface area contributed by atoms with Gasteiger partial charge in [0.1, 0.15) is 5.76 Å². The van der Waals surface area contributed by atoms with Gasteiger partial charge in [0.25, 0.3) is 0 Å². The van der Waals surface area contributed by atoms with Gasteiger partial charge >= 0.3 is 0 Å². The Hall–Kier alpha value is -1.06. The van der Waals surface area contributed by atoms with E-state index in [0.717, 1.165) is 17.0 Å². The normalized spacial score (nSPS) is 12.6. The minimum atomic E-state index is 0.117. The lowest BCUT2D eigenvalue weighted by molar-refractivity contribution is 0.437. The van der Waals surface area contributed by atoms with Crippen molar-refractivity contribution in [2.24, 2.45) is 0 Å².